The number of hydrogen-bond acceptors (Lipinski definition) is 1. The monoisotopic (exact) mass is 313 g/mol. The van der Waals surface area contributed by atoms with E-state index >= 15 is 0 Å². The average molecular weight is 314 g/mol. The Morgan fingerprint density at radius 3 is 2.36 bits per heavy atom. The molecule has 1 heterocycles. The van der Waals surface area contributed by atoms with E-state index in [0.717, 1.165) is 24.7 Å². The van der Waals surface area contributed by atoms with E-state index in [0.29, 0.717) is 5.92 Å². The molecule has 2 aromatic carbocycles. The number of piperidine rings is 1. The first-order valence-electron chi connectivity index (χ1n) is 8.06. The second-order valence-electron chi connectivity index (χ2n) is 7.08. The third-order valence-corrected chi connectivity index (χ3v) is 5.08. The summed E-state index contributed by atoms with van der Waals surface area (Å²) >= 11 is 6.03. The van der Waals surface area contributed by atoms with Crippen LogP contribution in [0.25, 0.3) is 0 Å². The predicted molar refractivity (Wildman–Crippen MR) is 94.3 cm³/mol. The van der Waals surface area contributed by atoms with Gasteiger partial charge in [-0.1, -0.05) is 67.9 Å². The van der Waals surface area contributed by atoms with Crippen molar-refractivity contribution in [2.24, 2.45) is 5.41 Å². The first-order valence-corrected chi connectivity index (χ1v) is 8.44. The van der Waals surface area contributed by atoms with Gasteiger partial charge < -0.3 is 0 Å². The molecule has 2 heteroatoms. The predicted octanol–water partition coefficient (Wildman–Crippen LogP) is 5.36. The van der Waals surface area contributed by atoms with Gasteiger partial charge in [0.05, 0.1) is 0 Å². The minimum absolute atomic E-state index is 0.279. The lowest BCUT2D eigenvalue weighted by molar-refractivity contribution is 0.0873. The molecule has 0 amide bonds. The number of rotatable bonds is 3. The lowest BCUT2D eigenvalue weighted by atomic mass is 9.70. The fraction of sp³-hybridized carbons (Fsp3) is 0.400. The Morgan fingerprint density at radius 1 is 1.05 bits per heavy atom. The van der Waals surface area contributed by atoms with Gasteiger partial charge in [0.15, 0.2) is 0 Å². The number of halogens is 1. The fourth-order valence-corrected chi connectivity index (χ4v) is 3.88. The van der Waals surface area contributed by atoms with Crippen LogP contribution in [0.15, 0.2) is 54.6 Å². The van der Waals surface area contributed by atoms with Crippen molar-refractivity contribution in [3.05, 3.63) is 70.7 Å². The maximum Gasteiger partial charge on any atom is 0.0406 e. The zero-order valence-corrected chi connectivity index (χ0v) is 14.2. The maximum atomic E-state index is 6.03. The Labute approximate surface area is 138 Å². The van der Waals surface area contributed by atoms with Crippen molar-refractivity contribution < 1.29 is 0 Å². The van der Waals surface area contributed by atoms with Crippen LogP contribution < -0.4 is 0 Å². The molecule has 1 aliphatic rings. The summed E-state index contributed by atoms with van der Waals surface area (Å²) in [6.07, 6.45) is 1.21. The largest absolute Gasteiger partial charge is 0.299 e. The first-order chi connectivity index (χ1) is 10.5. The van der Waals surface area contributed by atoms with Crippen LogP contribution in [0.3, 0.4) is 0 Å². The SMILES string of the molecule is CC1(C)CN(Cc2ccccc2)CCC1c1ccc(Cl)cc1. The van der Waals surface area contributed by atoms with Gasteiger partial charge in [0.25, 0.3) is 0 Å². The van der Waals surface area contributed by atoms with Gasteiger partial charge in [0, 0.05) is 18.1 Å². The molecule has 0 aromatic heterocycles. The van der Waals surface area contributed by atoms with Crippen molar-refractivity contribution in [2.45, 2.75) is 32.7 Å². The van der Waals surface area contributed by atoms with E-state index in [2.05, 4.69) is 61.2 Å². The molecule has 1 aliphatic heterocycles. The maximum absolute atomic E-state index is 6.03. The number of likely N-dealkylation sites (tertiary alicyclic amines) is 1. The summed E-state index contributed by atoms with van der Waals surface area (Å²) in [6, 6.07) is 19.2. The molecular formula is C20H24ClN. The molecule has 0 spiro atoms. The van der Waals surface area contributed by atoms with E-state index in [1.54, 1.807) is 0 Å². The lowest BCUT2D eigenvalue weighted by Gasteiger charge is -2.44. The molecule has 1 saturated heterocycles. The molecule has 1 unspecified atom stereocenters. The van der Waals surface area contributed by atoms with E-state index in [1.807, 2.05) is 12.1 Å². The Hall–Kier alpha value is -1.31. The molecular weight excluding hydrogens is 290 g/mol. The molecule has 3 rings (SSSR count). The zero-order valence-electron chi connectivity index (χ0n) is 13.4. The molecule has 0 radical (unpaired) electrons. The summed E-state index contributed by atoms with van der Waals surface area (Å²) in [7, 11) is 0. The van der Waals surface area contributed by atoms with Crippen molar-refractivity contribution in [3.63, 3.8) is 0 Å². The smallest absolute Gasteiger partial charge is 0.0406 e. The van der Waals surface area contributed by atoms with Crippen molar-refractivity contribution in [1.29, 1.82) is 0 Å². The average Bonchev–Trinajstić information content (AvgIpc) is 2.49. The number of nitrogens with zero attached hydrogens (tertiary/aromatic N) is 1. The molecule has 2 aromatic rings. The Balaban J connectivity index is 1.70. The van der Waals surface area contributed by atoms with E-state index in [-0.39, 0.29) is 5.41 Å². The standard InChI is InChI=1S/C20H24ClN/c1-20(2)15-22(14-16-6-4-3-5-7-16)13-12-19(20)17-8-10-18(21)11-9-17/h3-11,19H,12-15H2,1-2H3. The Bertz CT molecular complexity index is 603. The summed E-state index contributed by atoms with van der Waals surface area (Å²) in [5.41, 5.74) is 3.11. The first kappa shape index (κ1) is 15.6. The summed E-state index contributed by atoms with van der Waals surface area (Å²) in [4.78, 5) is 2.59. The molecule has 116 valence electrons. The summed E-state index contributed by atoms with van der Waals surface area (Å²) in [5, 5.41) is 0.822. The molecule has 0 aliphatic carbocycles. The van der Waals surface area contributed by atoms with E-state index < -0.39 is 0 Å². The van der Waals surface area contributed by atoms with E-state index in [4.69, 9.17) is 11.6 Å². The molecule has 1 atom stereocenters. The van der Waals surface area contributed by atoms with Crippen molar-refractivity contribution >= 4 is 11.6 Å². The van der Waals surface area contributed by atoms with Gasteiger partial charge in [-0.25, -0.2) is 0 Å². The summed E-state index contributed by atoms with van der Waals surface area (Å²) in [6.45, 7) is 8.13. The highest BCUT2D eigenvalue weighted by atomic mass is 35.5. The van der Waals surface area contributed by atoms with Gasteiger partial charge >= 0.3 is 0 Å². The van der Waals surface area contributed by atoms with Crippen LogP contribution in [0, 0.1) is 5.41 Å². The molecule has 1 fully saturated rings. The van der Waals surface area contributed by atoms with Crippen LogP contribution in [0.4, 0.5) is 0 Å². The summed E-state index contributed by atoms with van der Waals surface area (Å²) in [5.74, 6) is 0.608. The van der Waals surface area contributed by atoms with Crippen LogP contribution in [-0.2, 0) is 6.54 Å². The topological polar surface area (TPSA) is 3.24 Å². The van der Waals surface area contributed by atoms with Gasteiger partial charge in [0.1, 0.15) is 0 Å². The van der Waals surface area contributed by atoms with E-state index in [9.17, 15) is 0 Å². The van der Waals surface area contributed by atoms with Crippen LogP contribution >= 0.6 is 11.6 Å². The quantitative estimate of drug-likeness (QED) is 0.737. The number of hydrogen-bond donors (Lipinski definition) is 0. The van der Waals surface area contributed by atoms with E-state index in [1.165, 1.54) is 17.5 Å². The molecule has 22 heavy (non-hydrogen) atoms. The second-order valence-corrected chi connectivity index (χ2v) is 7.51. The zero-order chi connectivity index (χ0) is 15.6. The molecule has 0 saturated carbocycles. The lowest BCUT2D eigenvalue weighted by Crippen LogP contribution is -2.44. The second kappa shape index (κ2) is 6.44. The van der Waals surface area contributed by atoms with Crippen LogP contribution in [0.2, 0.25) is 5.02 Å². The van der Waals surface area contributed by atoms with Crippen LogP contribution in [-0.4, -0.2) is 18.0 Å². The normalized spacial score (nSPS) is 21.7. The highest BCUT2D eigenvalue weighted by Gasteiger charge is 2.36. The molecule has 0 bridgehead atoms. The van der Waals surface area contributed by atoms with Crippen molar-refractivity contribution in [2.75, 3.05) is 13.1 Å². The fourth-order valence-electron chi connectivity index (χ4n) is 3.76. The molecule has 0 N–H and O–H groups in total. The van der Waals surface area contributed by atoms with Crippen LogP contribution in [0.1, 0.15) is 37.3 Å². The minimum Gasteiger partial charge on any atom is -0.299 e. The van der Waals surface area contributed by atoms with Gasteiger partial charge in [-0.15, -0.1) is 0 Å². The van der Waals surface area contributed by atoms with Crippen LogP contribution in [0.5, 0.6) is 0 Å². The third kappa shape index (κ3) is 3.53. The molecule has 1 nitrogen and oxygen atoms in total. The van der Waals surface area contributed by atoms with Crippen molar-refractivity contribution in [1.82, 2.24) is 4.90 Å². The Kier molecular flexibility index (Phi) is 4.56. The summed E-state index contributed by atoms with van der Waals surface area (Å²) < 4.78 is 0. The van der Waals surface area contributed by atoms with Gasteiger partial charge in [0.2, 0.25) is 0 Å². The van der Waals surface area contributed by atoms with Gasteiger partial charge in [-0.05, 0) is 47.6 Å². The van der Waals surface area contributed by atoms with Gasteiger partial charge in [-0.3, -0.25) is 4.90 Å². The van der Waals surface area contributed by atoms with Gasteiger partial charge in [-0.2, -0.15) is 0 Å². The third-order valence-electron chi connectivity index (χ3n) is 4.83. The number of benzene rings is 2. The minimum atomic E-state index is 0.279. The highest BCUT2D eigenvalue weighted by Crippen LogP contribution is 2.42. The highest BCUT2D eigenvalue weighted by molar-refractivity contribution is 6.30. The Morgan fingerprint density at radius 2 is 1.73 bits per heavy atom. The van der Waals surface area contributed by atoms with Crippen molar-refractivity contribution in [3.8, 4) is 0 Å².